The van der Waals surface area contributed by atoms with Gasteiger partial charge in [-0.2, -0.15) is 0 Å². The van der Waals surface area contributed by atoms with Crippen LogP contribution in [-0.4, -0.2) is 29.5 Å². The van der Waals surface area contributed by atoms with Crippen molar-refractivity contribution in [3.63, 3.8) is 0 Å². The summed E-state index contributed by atoms with van der Waals surface area (Å²) >= 11 is 4.84. The summed E-state index contributed by atoms with van der Waals surface area (Å²) in [5.41, 5.74) is 5.44. The van der Waals surface area contributed by atoms with Crippen molar-refractivity contribution in [1.29, 1.82) is 0 Å². The molecular weight excluding hydrogens is 192 g/mol. The molecular formula is C11H24N2S. The molecule has 0 aromatic heterocycles. The number of unbranched alkanes of at least 4 members (excludes halogenated alkanes) is 1. The van der Waals surface area contributed by atoms with E-state index in [0.29, 0.717) is 4.99 Å². The lowest BCUT2D eigenvalue weighted by molar-refractivity contribution is 0.269. The SMILES string of the molecule is CCCN(CCC)CCCCC(N)=S. The first-order valence-electron chi connectivity index (χ1n) is 5.71. The zero-order chi connectivity index (χ0) is 10.8. The maximum absolute atomic E-state index is 5.44. The van der Waals surface area contributed by atoms with Crippen LogP contribution in [0.5, 0.6) is 0 Å². The molecule has 0 saturated carbocycles. The van der Waals surface area contributed by atoms with Crippen molar-refractivity contribution in [1.82, 2.24) is 4.90 Å². The summed E-state index contributed by atoms with van der Waals surface area (Å²) in [7, 11) is 0. The van der Waals surface area contributed by atoms with Gasteiger partial charge in [0.2, 0.25) is 0 Å². The molecule has 0 spiro atoms. The molecule has 0 unspecified atom stereocenters. The van der Waals surface area contributed by atoms with Crippen LogP contribution in [0.25, 0.3) is 0 Å². The molecule has 0 rings (SSSR count). The van der Waals surface area contributed by atoms with Crippen LogP contribution in [0.3, 0.4) is 0 Å². The number of thiocarbonyl (C=S) groups is 1. The van der Waals surface area contributed by atoms with E-state index in [-0.39, 0.29) is 0 Å². The van der Waals surface area contributed by atoms with Crippen LogP contribution in [0.2, 0.25) is 0 Å². The fraction of sp³-hybridized carbons (Fsp3) is 0.909. The van der Waals surface area contributed by atoms with Crippen LogP contribution < -0.4 is 5.73 Å². The highest BCUT2D eigenvalue weighted by Gasteiger charge is 2.01. The second-order valence-corrected chi connectivity index (χ2v) is 4.29. The Morgan fingerprint density at radius 2 is 1.64 bits per heavy atom. The van der Waals surface area contributed by atoms with Gasteiger partial charge in [-0.25, -0.2) is 0 Å². The van der Waals surface area contributed by atoms with E-state index in [4.69, 9.17) is 18.0 Å². The third kappa shape index (κ3) is 8.45. The molecule has 0 aromatic rings. The minimum absolute atomic E-state index is 0.655. The predicted molar refractivity (Wildman–Crippen MR) is 67.7 cm³/mol. The third-order valence-corrected chi connectivity index (χ3v) is 2.43. The minimum Gasteiger partial charge on any atom is -0.393 e. The Morgan fingerprint density at radius 1 is 1.07 bits per heavy atom. The van der Waals surface area contributed by atoms with Crippen LogP contribution in [0.4, 0.5) is 0 Å². The minimum atomic E-state index is 0.655. The molecule has 0 saturated heterocycles. The van der Waals surface area contributed by atoms with Crippen LogP contribution in [0, 0.1) is 0 Å². The van der Waals surface area contributed by atoms with E-state index in [1.165, 1.54) is 38.9 Å². The lowest BCUT2D eigenvalue weighted by Crippen LogP contribution is -2.26. The highest BCUT2D eigenvalue weighted by molar-refractivity contribution is 7.80. The van der Waals surface area contributed by atoms with Gasteiger partial charge < -0.3 is 10.6 Å². The molecule has 14 heavy (non-hydrogen) atoms. The molecule has 0 aliphatic rings. The topological polar surface area (TPSA) is 29.3 Å². The fourth-order valence-electron chi connectivity index (χ4n) is 1.60. The molecule has 0 heterocycles. The predicted octanol–water partition coefficient (Wildman–Crippen LogP) is 2.56. The Morgan fingerprint density at radius 3 is 2.07 bits per heavy atom. The monoisotopic (exact) mass is 216 g/mol. The van der Waals surface area contributed by atoms with Crippen molar-refractivity contribution in [2.24, 2.45) is 5.73 Å². The molecule has 2 nitrogen and oxygen atoms in total. The van der Waals surface area contributed by atoms with Gasteiger partial charge in [0, 0.05) is 0 Å². The van der Waals surface area contributed by atoms with Crippen molar-refractivity contribution in [2.75, 3.05) is 19.6 Å². The lowest BCUT2D eigenvalue weighted by atomic mass is 10.2. The first-order valence-corrected chi connectivity index (χ1v) is 6.12. The number of nitrogens with two attached hydrogens (primary N) is 1. The first kappa shape index (κ1) is 13.8. The summed E-state index contributed by atoms with van der Waals surface area (Å²) in [4.78, 5) is 3.18. The Labute approximate surface area is 93.8 Å². The summed E-state index contributed by atoms with van der Waals surface area (Å²) in [5.74, 6) is 0. The Kier molecular flexibility index (Phi) is 9.31. The smallest absolute Gasteiger partial charge is 0.0727 e. The van der Waals surface area contributed by atoms with Crippen molar-refractivity contribution < 1.29 is 0 Å². The molecule has 0 aliphatic heterocycles. The highest BCUT2D eigenvalue weighted by atomic mass is 32.1. The van der Waals surface area contributed by atoms with E-state index in [0.717, 1.165) is 12.8 Å². The Balaban J connectivity index is 3.44. The van der Waals surface area contributed by atoms with Gasteiger partial charge in [-0.05, 0) is 51.7 Å². The summed E-state index contributed by atoms with van der Waals surface area (Å²) in [5, 5.41) is 0. The van der Waals surface area contributed by atoms with E-state index in [9.17, 15) is 0 Å². The second kappa shape index (κ2) is 9.41. The quantitative estimate of drug-likeness (QED) is 0.474. The lowest BCUT2D eigenvalue weighted by Gasteiger charge is -2.20. The van der Waals surface area contributed by atoms with Crippen molar-refractivity contribution in [3.05, 3.63) is 0 Å². The summed E-state index contributed by atoms with van der Waals surface area (Å²) in [6.07, 6.45) is 5.75. The second-order valence-electron chi connectivity index (χ2n) is 3.77. The number of rotatable bonds is 9. The zero-order valence-corrected chi connectivity index (χ0v) is 10.4. The average Bonchev–Trinajstić information content (AvgIpc) is 2.12. The van der Waals surface area contributed by atoms with Crippen LogP contribution in [0.1, 0.15) is 46.0 Å². The van der Waals surface area contributed by atoms with Gasteiger partial charge in [-0.15, -0.1) is 0 Å². The molecule has 0 amide bonds. The van der Waals surface area contributed by atoms with E-state index >= 15 is 0 Å². The highest BCUT2D eigenvalue weighted by Crippen LogP contribution is 2.01. The average molecular weight is 216 g/mol. The van der Waals surface area contributed by atoms with Crippen molar-refractivity contribution >= 4 is 17.2 Å². The van der Waals surface area contributed by atoms with Gasteiger partial charge in [0.25, 0.3) is 0 Å². The number of hydrogen-bond acceptors (Lipinski definition) is 2. The fourth-order valence-corrected chi connectivity index (χ4v) is 1.75. The van der Waals surface area contributed by atoms with E-state index in [1.807, 2.05) is 0 Å². The van der Waals surface area contributed by atoms with Gasteiger partial charge in [-0.3, -0.25) is 0 Å². The maximum atomic E-state index is 5.44. The van der Waals surface area contributed by atoms with Crippen LogP contribution in [-0.2, 0) is 0 Å². The maximum Gasteiger partial charge on any atom is 0.0727 e. The van der Waals surface area contributed by atoms with Crippen LogP contribution in [0.15, 0.2) is 0 Å². The van der Waals surface area contributed by atoms with Gasteiger partial charge in [0.1, 0.15) is 0 Å². The molecule has 0 aliphatic carbocycles. The molecule has 0 atom stereocenters. The largest absolute Gasteiger partial charge is 0.393 e. The number of hydrogen-bond donors (Lipinski definition) is 1. The molecule has 0 bridgehead atoms. The number of nitrogens with zero attached hydrogens (tertiary/aromatic N) is 1. The summed E-state index contributed by atoms with van der Waals surface area (Å²) < 4.78 is 0. The first-order chi connectivity index (χ1) is 6.70. The molecule has 84 valence electrons. The zero-order valence-electron chi connectivity index (χ0n) is 9.59. The van der Waals surface area contributed by atoms with Crippen molar-refractivity contribution in [3.8, 4) is 0 Å². The third-order valence-electron chi connectivity index (χ3n) is 2.23. The Bertz CT molecular complexity index is 142. The van der Waals surface area contributed by atoms with Gasteiger partial charge in [-0.1, -0.05) is 26.1 Å². The van der Waals surface area contributed by atoms with Gasteiger partial charge >= 0.3 is 0 Å². The van der Waals surface area contributed by atoms with E-state index < -0.39 is 0 Å². The molecule has 2 N–H and O–H groups in total. The van der Waals surface area contributed by atoms with Crippen molar-refractivity contribution in [2.45, 2.75) is 46.0 Å². The molecule has 0 radical (unpaired) electrons. The van der Waals surface area contributed by atoms with Gasteiger partial charge in [0.05, 0.1) is 4.99 Å². The normalized spacial score (nSPS) is 10.8. The Hall–Kier alpha value is -0.150. The summed E-state index contributed by atoms with van der Waals surface area (Å²) in [6.45, 7) is 8.11. The van der Waals surface area contributed by atoms with Crippen LogP contribution >= 0.6 is 12.2 Å². The standard InChI is InChI=1S/C11H24N2S/c1-3-8-13(9-4-2)10-6-5-7-11(12)14/h3-10H2,1-2H3,(H2,12,14). The van der Waals surface area contributed by atoms with Gasteiger partial charge in [0.15, 0.2) is 0 Å². The van der Waals surface area contributed by atoms with E-state index in [1.54, 1.807) is 0 Å². The summed E-state index contributed by atoms with van der Waals surface area (Å²) in [6, 6.07) is 0. The molecule has 3 heteroatoms. The molecule has 0 aromatic carbocycles. The molecule has 0 fully saturated rings. The van der Waals surface area contributed by atoms with E-state index in [2.05, 4.69) is 18.7 Å².